The maximum atomic E-state index is 11.9. The molecule has 4 nitrogen and oxygen atoms in total. The van der Waals surface area contributed by atoms with Crippen LogP contribution < -0.4 is 11.1 Å². The number of hydrogen-bond acceptors (Lipinski definition) is 3. The molecule has 0 aliphatic carbocycles. The SMILES string of the molecule is CC(C)(CCO)NC(=O)[C@H](N)c1ccccc1. The van der Waals surface area contributed by atoms with Gasteiger partial charge in [0.15, 0.2) is 0 Å². The summed E-state index contributed by atoms with van der Waals surface area (Å²) in [4.78, 5) is 11.9. The Bertz CT molecular complexity index is 363. The minimum atomic E-state index is -0.672. The zero-order valence-corrected chi connectivity index (χ0v) is 10.3. The fraction of sp³-hybridized carbons (Fsp3) is 0.462. The van der Waals surface area contributed by atoms with E-state index in [9.17, 15) is 4.79 Å². The minimum absolute atomic E-state index is 0.0356. The Morgan fingerprint density at radius 3 is 2.53 bits per heavy atom. The highest BCUT2D eigenvalue weighted by molar-refractivity contribution is 5.83. The first-order chi connectivity index (χ1) is 7.96. The third kappa shape index (κ3) is 4.17. The minimum Gasteiger partial charge on any atom is -0.396 e. The molecule has 1 rings (SSSR count). The van der Waals surface area contributed by atoms with Crippen LogP contribution in [0.3, 0.4) is 0 Å². The van der Waals surface area contributed by atoms with Gasteiger partial charge in [-0.05, 0) is 25.8 Å². The number of hydrogen-bond donors (Lipinski definition) is 3. The summed E-state index contributed by atoms with van der Waals surface area (Å²) in [6, 6.07) is 8.55. The van der Waals surface area contributed by atoms with E-state index in [0.717, 1.165) is 5.56 Å². The van der Waals surface area contributed by atoms with Gasteiger partial charge in [-0.2, -0.15) is 0 Å². The van der Waals surface area contributed by atoms with Gasteiger partial charge >= 0.3 is 0 Å². The predicted molar refractivity (Wildman–Crippen MR) is 67.3 cm³/mol. The number of carbonyl (C=O) groups excluding carboxylic acids is 1. The lowest BCUT2D eigenvalue weighted by Gasteiger charge is -2.27. The molecule has 1 amide bonds. The van der Waals surface area contributed by atoms with Crippen LogP contribution in [-0.4, -0.2) is 23.2 Å². The number of nitrogens with two attached hydrogens (primary N) is 1. The second-order valence-electron chi connectivity index (χ2n) is 4.74. The Morgan fingerprint density at radius 2 is 2.00 bits per heavy atom. The smallest absolute Gasteiger partial charge is 0.241 e. The maximum absolute atomic E-state index is 11.9. The fourth-order valence-electron chi connectivity index (χ4n) is 1.57. The van der Waals surface area contributed by atoms with E-state index < -0.39 is 11.6 Å². The summed E-state index contributed by atoms with van der Waals surface area (Å²) in [7, 11) is 0. The van der Waals surface area contributed by atoms with Crippen molar-refractivity contribution >= 4 is 5.91 Å². The van der Waals surface area contributed by atoms with E-state index in [-0.39, 0.29) is 12.5 Å². The molecule has 4 heteroatoms. The number of nitrogens with one attached hydrogen (secondary N) is 1. The Morgan fingerprint density at radius 1 is 1.41 bits per heavy atom. The zero-order valence-electron chi connectivity index (χ0n) is 10.3. The Kier molecular flexibility index (Phi) is 4.66. The van der Waals surface area contributed by atoms with Crippen molar-refractivity contribution in [2.24, 2.45) is 5.73 Å². The van der Waals surface area contributed by atoms with Gasteiger partial charge in [-0.25, -0.2) is 0 Å². The van der Waals surface area contributed by atoms with E-state index in [4.69, 9.17) is 10.8 Å². The molecule has 17 heavy (non-hydrogen) atoms. The molecule has 0 unspecified atom stereocenters. The van der Waals surface area contributed by atoms with Gasteiger partial charge in [-0.3, -0.25) is 4.79 Å². The number of aliphatic hydroxyl groups excluding tert-OH is 1. The molecule has 4 N–H and O–H groups in total. The molecule has 0 aliphatic rings. The summed E-state index contributed by atoms with van der Waals surface area (Å²) in [6.07, 6.45) is 0.500. The highest BCUT2D eigenvalue weighted by Gasteiger charge is 2.23. The standard InChI is InChI=1S/C13H20N2O2/c1-13(2,8-9-16)15-12(17)11(14)10-6-4-3-5-7-10/h3-7,11,16H,8-9,14H2,1-2H3,(H,15,17)/t11-/m1/s1. The summed E-state index contributed by atoms with van der Waals surface area (Å²) in [5, 5.41) is 11.7. The second kappa shape index (κ2) is 5.80. The highest BCUT2D eigenvalue weighted by atomic mass is 16.3. The van der Waals surface area contributed by atoms with Crippen molar-refractivity contribution in [1.29, 1.82) is 0 Å². The van der Waals surface area contributed by atoms with E-state index >= 15 is 0 Å². The van der Waals surface area contributed by atoms with Crippen LogP contribution in [0.15, 0.2) is 30.3 Å². The largest absolute Gasteiger partial charge is 0.396 e. The lowest BCUT2D eigenvalue weighted by Crippen LogP contribution is -2.47. The fourth-order valence-corrected chi connectivity index (χ4v) is 1.57. The molecule has 1 aromatic carbocycles. The van der Waals surface area contributed by atoms with Crippen LogP contribution in [-0.2, 0) is 4.79 Å². The summed E-state index contributed by atoms with van der Waals surface area (Å²) in [6.45, 7) is 3.76. The normalized spacial score (nSPS) is 13.2. The molecule has 0 bridgehead atoms. The van der Waals surface area contributed by atoms with Gasteiger partial charge in [-0.15, -0.1) is 0 Å². The van der Waals surface area contributed by atoms with E-state index in [0.29, 0.717) is 6.42 Å². The molecular weight excluding hydrogens is 216 g/mol. The molecule has 1 atom stereocenters. The van der Waals surface area contributed by atoms with Gasteiger partial charge < -0.3 is 16.2 Å². The van der Waals surface area contributed by atoms with E-state index in [2.05, 4.69) is 5.32 Å². The van der Waals surface area contributed by atoms with Gasteiger partial charge in [0, 0.05) is 12.1 Å². The van der Waals surface area contributed by atoms with Crippen LogP contribution >= 0.6 is 0 Å². The van der Waals surface area contributed by atoms with Crippen molar-refractivity contribution in [2.75, 3.05) is 6.61 Å². The van der Waals surface area contributed by atoms with Crippen molar-refractivity contribution in [3.8, 4) is 0 Å². The van der Waals surface area contributed by atoms with E-state index in [1.54, 1.807) is 0 Å². The number of amides is 1. The first-order valence-electron chi connectivity index (χ1n) is 5.70. The van der Waals surface area contributed by atoms with Crippen molar-refractivity contribution < 1.29 is 9.90 Å². The summed E-state index contributed by atoms with van der Waals surface area (Å²) in [5.41, 5.74) is 6.20. The number of benzene rings is 1. The zero-order chi connectivity index (χ0) is 12.9. The molecule has 0 spiro atoms. The van der Waals surface area contributed by atoms with Crippen molar-refractivity contribution in [3.05, 3.63) is 35.9 Å². The van der Waals surface area contributed by atoms with Crippen molar-refractivity contribution in [3.63, 3.8) is 0 Å². The molecular formula is C13H20N2O2. The first-order valence-corrected chi connectivity index (χ1v) is 5.70. The number of aliphatic hydroxyl groups is 1. The van der Waals surface area contributed by atoms with Crippen LogP contribution in [0.5, 0.6) is 0 Å². The molecule has 0 fully saturated rings. The third-order valence-electron chi connectivity index (χ3n) is 2.64. The summed E-state index contributed by atoms with van der Waals surface area (Å²) in [5.74, 6) is -0.227. The third-order valence-corrected chi connectivity index (χ3v) is 2.64. The summed E-state index contributed by atoms with van der Waals surface area (Å²) < 4.78 is 0. The Hall–Kier alpha value is -1.39. The first kappa shape index (κ1) is 13.7. The lowest BCUT2D eigenvalue weighted by molar-refractivity contribution is -0.124. The lowest BCUT2D eigenvalue weighted by atomic mass is 9.99. The topological polar surface area (TPSA) is 75.3 Å². The van der Waals surface area contributed by atoms with Gasteiger partial charge in [0.2, 0.25) is 5.91 Å². The number of carbonyl (C=O) groups is 1. The van der Waals surface area contributed by atoms with Crippen LogP contribution in [0.25, 0.3) is 0 Å². The second-order valence-corrected chi connectivity index (χ2v) is 4.74. The van der Waals surface area contributed by atoms with Gasteiger partial charge in [0.25, 0.3) is 0 Å². The van der Waals surface area contributed by atoms with Crippen molar-refractivity contribution in [2.45, 2.75) is 31.8 Å². The van der Waals surface area contributed by atoms with E-state index in [1.807, 2.05) is 44.2 Å². The Labute approximate surface area is 102 Å². The average molecular weight is 236 g/mol. The number of rotatable bonds is 5. The molecule has 94 valence electrons. The van der Waals surface area contributed by atoms with Crippen LogP contribution in [0, 0.1) is 0 Å². The van der Waals surface area contributed by atoms with Gasteiger partial charge in [0.1, 0.15) is 6.04 Å². The van der Waals surface area contributed by atoms with Gasteiger partial charge in [-0.1, -0.05) is 30.3 Å². The van der Waals surface area contributed by atoms with Crippen LogP contribution in [0.4, 0.5) is 0 Å². The molecule has 0 aromatic heterocycles. The molecule has 0 heterocycles. The van der Waals surface area contributed by atoms with Crippen LogP contribution in [0.2, 0.25) is 0 Å². The van der Waals surface area contributed by atoms with E-state index in [1.165, 1.54) is 0 Å². The maximum Gasteiger partial charge on any atom is 0.241 e. The molecule has 0 saturated carbocycles. The molecule has 0 aliphatic heterocycles. The molecule has 0 saturated heterocycles. The average Bonchev–Trinajstić information content (AvgIpc) is 2.28. The quantitative estimate of drug-likeness (QED) is 0.713. The summed E-state index contributed by atoms with van der Waals surface area (Å²) >= 11 is 0. The van der Waals surface area contributed by atoms with Crippen LogP contribution in [0.1, 0.15) is 31.9 Å². The Balaban J connectivity index is 2.65. The molecule has 0 radical (unpaired) electrons. The monoisotopic (exact) mass is 236 g/mol. The highest BCUT2D eigenvalue weighted by Crippen LogP contribution is 2.13. The van der Waals surface area contributed by atoms with Gasteiger partial charge in [0.05, 0.1) is 0 Å². The predicted octanol–water partition coefficient (Wildman–Crippen LogP) is 0.964. The molecule has 1 aromatic rings. The van der Waals surface area contributed by atoms with Crippen molar-refractivity contribution in [1.82, 2.24) is 5.32 Å².